The Kier molecular flexibility index (Phi) is 2.59. The van der Waals surface area contributed by atoms with Gasteiger partial charge in [-0.15, -0.1) is 0 Å². The molecule has 0 spiro atoms. The molecule has 3 heteroatoms. The lowest BCUT2D eigenvalue weighted by molar-refractivity contribution is 0.112. The third-order valence-electron chi connectivity index (χ3n) is 1.20. The first-order valence-electron chi connectivity index (χ1n) is 3.19. The van der Waals surface area contributed by atoms with Crippen molar-refractivity contribution in [3.63, 3.8) is 0 Å². The van der Waals surface area contributed by atoms with Gasteiger partial charge in [-0.2, -0.15) is 5.26 Å². The molecule has 0 aliphatic heterocycles. The fourth-order valence-electron chi connectivity index (χ4n) is 0.704. The number of rotatable bonds is 1. The number of carbonyl (C=O) groups excluding carboxylic acids is 1. The van der Waals surface area contributed by atoms with Crippen LogP contribution in [0, 0.1) is 23.2 Å². The number of nitriles is 1. The first-order chi connectivity index (χ1) is 5.88. The highest BCUT2D eigenvalue weighted by Crippen LogP contribution is 1.98. The van der Waals surface area contributed by atoms with Gasteiger partial charge < -0.3 is 0 Å². The second-order valence-corrected chi connectivity index (χ2v) is 1.92. The summed E-state index contributed by atoms with van der Waals surface area (Å²) in [5.41, 5.74) is 0.745. The number of carbonyl (C=O) groups is 1. The second kappa shape index (κ2) is 3.90. The van der Waals surface area contributed by atoms with Crippen LogP contribution in [0.2, 0.25) is 0 Å². The molecule has 1 heterocycles. The molecule has 1 aromatic rings. The summed E-state index contributed by atoms with van der Waals surface area (Å²) in [6, 6.07) is 4.89. The van der Waals surface area contributed by atoms with E-state index in [1.54, 1.807) is 18.2 Å². The molecule has 0 radical (unpaired) electrons. The summed E-state index contributed by atoms with van der Waals surface area (Å²) in [7, 11) is 0. The standard InChI is InChI=1S/C9H4N2O/c10-5-1-4-9-8(7-12)3-2-6-11-9/h2-3,6-7H. The quantitative estimate of drug-likeness (QED) is 0.445. The van der Waals surface area contributed by atoms with Crippen molar-refractivity contribution in [1.29, 1.82) is 5.26 Å². The fourth-order valence-corrected chi connectivity index (χ4v) is 0.704. The van der Waals surface area contributed by atoms with Gasteiger partial charge in [0.1, 0.15) is 5.69 Å². The maximum absolute atomic E-state index is 10.4. The summed E-state index contributed by atoms with van der Waals surface area (Å²) in [6.45, 7) is 0. The summed E-state index contributed by atoms with van der Waals surface area (Å²) >= 11 is 0. The number of hydrogen-bond donors (Lipinski definition) is 0. The van der Waals surface area contributed by atoms with E-state index in [-0.39, 0.29) is 0 Å². The van der Waals surface area contributed by atoms with E-state index < -0.39 is 0 Å². The molecule has 0 saturated carbocycles. The van der Waals surface area contributed by atoms with Gasteiger partial charge in [0.15, 0.2) is 12.4 Å². The largest absolute Gasteiger partial charge is 0.298 e. The van der Waals surface area contributed by atoms with Crippen LogP contribution in [0.25, 0.3) is 0 Å². The van der Waals surface area contributed by atoms with Crippen molar-refractivity contribution in [3.05, 3.63) is 29.6 Å². The Balaban J connectivity index is 3.15. The van der Waals surface area contributed by atoms with Crippen molar-refractivity contribution >= 4 is 6.29 Å². The zero-order valence-corrected chi connectivity index (χ0v) is 6.11. The molecule has 56 valence electrons. The van der Waals surface area contributed by atoms with Gasteiger partial charge in [-0.1, -0.05) is 0 Å². The molecule has 1 rings (SSSR count). The highest BCUT2D eigenvalue weighted by molar-refractivity contribution is 5.78. The van der Waals surface area contributed by atoms with E-state index in [1.807, 2.05) is 0 Å². The van der Waals surface area contributed by atoms with E-state index in [0.29, 0.717) is 17.5 Å². The SMILES string of the molecule is N#CC#Cc1ncccc1C=O. The van der Waals surface area contributed by atoms with Gasteiger partial charge in [-0.05, 0) is 18.1 Å². The number of hydrogen-bond acceptors (Lipinski definition) is 3. The Morgan fingerprint density at radius 3 is 3.08 bits per heavy atom. The first-order valence-corrected chi connectivity index (χ1v) is 3.19. The molecule has 0 unspecified atom stereocenters. The van der Waals surface area contributed by atoms with Crippen LogP contribution >= 0.6 is 0 Å². The normalized spacial score (nSPS) is 7.58. The van der Waals surface area contributed by atoms with Crippen LogP contribution < -0.4 is 0 Å². The Bertz CT molecular complexity index is 393. The summed E-state index contributed by atoms with van der Waals surface area (Å²) in [6.07, 6.45) is 2.18. The van der Waals surface area contributed by atoms with Crippen LogP contribution in [-0.2, 0) is 0 Å². The molecule has 0 bridgehead atoms. The Morgan fingerprint density at radius 1 is 1.58 bits per heavy atom. The Labute approximate surface area is 69.7 Å². The maximum atomic E-state index is 10.4. The third-order valence-corrected chi connectivity index (χ3v) is 1.20. The molecule has 0 fully saturated rings. The molecular weight excluding hydrogens is 152 g/mol. The Hall–Kier alpha value is -2.13. The molecule has 0 aliphatic carbocycles. The summed E-state index contributed by atoms with van der Waals surface area (Å²) < 4.78 is 0. The number of aromatic nitrogens is 1. The van der Waals surface area contributed by atoms with Crippen LogP contribution in [0.15, 0.2) is 18.3 Å². The molecule has 0 N–H and O–H groups in total. The van der Waals surface area contributed by atoms with Crippen LogP contribution in [0.1, 0.15) is 16.1 Å². The predicted octanol–water partition coefficient (Wildman–Crippen LogP) is 0.769. The molecule has 3 nitrogen and oxygen atoms in total. The van der Waals surface area contributed by atoms with Gasteiger partial charge in [0.2, 0.25) is 0 Å². The fraction of sp³-hybridized carbons (Fsp3) is 0. The minimum absolute atomic E-state index is 0.342. The van der Waals surface area contributed by atoms with E-state index in [9.17, 15) is 4.79 Å². The number of aldehydes is 1. The average Bonchev–Trinajstić information content (AvgIpc) is 2.15. The van der Waals surface area contributed by atoms with Crippen LogP contribution in [0.3, 0.4) is 0 Å². The van der Waals surface area contributed by atoms with Crippen molar-refractivity contribution in [3.8, 4) is 17.9 Å². The van der Waals surface area contributed by atoms with E-state index in [2.05, 4.69) is 16.8 Å². The molecule has 0 saturated heterocycles. The van der Waals surface area contributed by atoms with Crippen molar-refractivity contribution in [1.82, 2.24) is 4.98 Å². The number of nitrogens with zero attached hydrogens (tertiary/aromatic N) is 2. The average molecular weight is 156 g/mol. The highest BCUT2D eigenvalue weighted by Gasteiger charge is 1.96. The smallest absolute Gasteiger partial charge is 0.152 e. The minimum Gasteiger partial charge on any atom is -0.298 e. The number of pyridine rings is 1. The second-order valence-electron chi connectivity index (χ2n) is 1.92. The topological polar surface area (TPSA) is 53.8 Å². The monoisotopic (exact) mass is 156 g/mol. The Morgan fingerprint density at radius 2 is 2.42 bits per heavy atom. The van der Waals surface area contributed by atoms with Crippen LogP contribution in [-0.4, -0.2) is 11.3 Å². The molecular formula is C9H4N2O. The predicted molar refractivity (Wildman–Crippen MR) is 42.1 cm³/mol. The van der Waals surface area contributed by atoms with Gasteiger partial charge in [0.25, 0.3) is 0 Å². The molecule has 12 heavy (non-hydrogen) atoms. The molecule has 0 amide bonds. The minimum atomic E-state index is 0.342. The molecule has 0 aliphatic rings. The summed E-state index contributed by atoms with van der Waals surface area (Å²) in [5.74, 6) is 4.63. The molecule has 0 aromatic carbocycles. The van der Waals surface area contributed by atoms with Crippen molar-refractivity contribution in [2.24, 2.45) is 0 Å². The van der Waals surface area contributed by atoms with Gasteiger partial charge in [0, 0.05) is 17.7 Å². The van der Waals surface area contributed by atoms with Crippen molar-refractivity contribution in [2.75, 3.05) is 0 Å². The maximum Gasteiger partial charge on any atom is 0.152 e. The zero-order chi connectivity index (χ0) is 8.81. The lowest BCUT2D eigenvalue weighted by atomic mass is 10.2. The lowest BCUT2D eigenvalue weighted by Gasteiger charge is -1.91. The zero-order valence-electron chi connectivity index (χ0n) is 6.11. The third kappa shape index (κ3) is 1.68. The first kappa shape index (κ1) is 7.97. The van der Waals surface area contributed by atoms with Crippen molar-refractivity contribution in [2.45, 2.75) is 0 Å². The van der Waals surface area contributed by atoms with Gasteiger partial charge in [-0.3, -0.25) is 4.79 Å². The van der Waals surface area contributed by atoms with Crippen LogP contribution in [0.4, 0.5) is 0 Å². The van der Waals surface area contributed by atoms with Crippen LogP contribution in [0.5, 0.6) is 0 Å². The van der Waals surface area contributed by atoms with E-state index in [0.717, 1.165) is 0 Å². The lowest BCUT2D eigenvalue weighted by Crippen LogP contribution is -1.89. The van der Waals surface area contributed by atoms with E-state index in [1.165, 1.54) is 6.20 Å². The van der Waals surface area contributed by atoms with Gasteiger partial charge >= 0.3 is 0 Å². The van der Waals surface area contributed by atoms with Gasteiger partial charge in [0.05, 0.1) is 0 Å². The van der Waals surface area contributed by atoms with E-state index >= 15 is 0 Å². The van der Waals surface area contributed by atoms with Crippen molar-refractivity contribution < 1.29 is 4.79 Å². The summed E-state index contributed by atoms with van der Waals surface area (Å²) in [4.78, 5) is 14.2. The van der Waals surface area contributed by atoms with E-state index in [4.69, 9.17) is 5.26 Å². The highest BCUT2D eigenvalue weighted by atomic mass is 16.1. The molecule has 0 atom stereocenters. The van der Waals surface area contributed by atoms with Gasteiger partial charge in [-0.25, -0.2) is 4.98 Å². The molecule has 1 aromatic heterocycles. The summed E-state index contributed by atoms with van der Waals surface area (Å²) in [5, 5.41) is 8.15.